The van der Waals surface area contributed by atoms with Crippen molar-refractivity contribution in [2.45, 2.75) is 0 Å². The molecule has 0 bridgehead atoms. The number of hydrogen-bond donors (Lipinski definition) is 2. The van der Waals surface area contributed by atoms with Crippen molar-refractivity contribution in [1.82, 2.24) is 15.2 Å². The third-order valence-corrected chi connectivity index (χ3v) is 3.75. The van der Waals surface area contributed by atoms with E-state index in [0.717, 1.165) is 27.4 Å². The van der Waals surface area contributed by atoms with Gasteiger partial charge in [-0.25, -0.2) is 0 Å². The molecule has 6 heteroatoms. The number of ether oxygens (including phenoxy) is 1. The second-order valence-corrected chi connectivity index (χ2v) is 4.86. The van der Waals surface area contributed by atoms with Gasteiger partial charge in [0.05, 0.1) is 23.2 Å². The minimum Gasteiger partial charge on any atom is -0.496 e. The van der Waals surface area contributed by atoms with E-state index in [1.807, 2.05) is 23.6 Å². The smallest absolute Gasteiger partial charge is 0.153 e. The predicted molar refractivity (Wildman–Crippen MR) is 76.1 cm³/mol. The topological polar surface area (TPSA) is 76.8 Å². The van der Waals surface area contributed by atoms with Gasteiger partial charge in [0.15, 0.2) is 5.82 Å². The van der Waals surface area contributed by atoms with Crippen LogP contribution in [0.4, 0.5) is 5.82 Å². The molecule has 0 aliphatic carbocycles. The van der Waals surface area contributed by atoms with E-state index in [-0.39, 0.29) is 0 Å². The number of nitrogens with two attached hydrogens (primary N) is 1. The van der Waals surface area contributed by atoms with Gasteiger partial charge < -0.3 is 10.5 Å². The third-order valence-electron chi connectivity index (χ3n) is 2.82. The van der Waals surface area contributed by atoms with Crippen LogP contribution in [0.15, 0.2) is 36.0 Å². The second-order valence-electron chi connectivity index (χ2n) is 3.95. The molecule has 96 valence electrons. The van der Waals surface area contributed by atoms with Crippen LogP contribution in [0, 0.1) is 0 Å². The van der Waals surface area contributed by atoms with Gasteiger partial charge >= 0.3 is 0 Å². The highest BCUT2D eigenvalue weighted by Gasteiger charge is 2.16. The zero-order chi connectivity index (χ0) is 13.2. The van der Waals surface area contributed by atoms with Gasteiger partial charge in [-0.05, 0) is 17.7 Å². The first-order valence-corrected chi connectivity index (χ1v) is 6.54. The lowest BCUT2D eigenvalue weighted by Crippen LogP contribution is -1.88. The molecule has 0 aromatic carbocycles. The van der Waals surface area contributed by atoms with Crippen molar-refractivity contribution in [3.8, 4) is 27.4 Å². The molecule has 0 aliphatic rings. The Kier molecular flexibility index (Phi) is 2.92. The summed E-state index contributed by atoms with van der Waals surface area (Å²) < 4.78 is 5.20. The molecule has 0 atom stereocenters. The largest absolute Gasteiger partial charge is 0.496 e. The molecule has 0 amide bonds. The molecule has 0 aliphatic heterocycles. The number of hydrogen-bond acceptors (Lipinski definition) is 5. The van der Waals surface area contributed by atoms with Crippen LogP contribution < -0.4 is 10.5 Å². The van der Waals surface area contributed by atoms with Crippen LogP contribution in [0.5, 0.6) is 5.75 Å². The Hall–Kier alpha value is -2.34. The minimum atomic E-state index is 0.480. The number of anilines is 1. The van der Waals surface area contributed by atoms with Gasteiger partial charge in [0, 0.05) is 23.8 Å². The Morgan fingerprint density at radius 1 is 1.32 bits per heavy atom. The lowest BCUT2D eigenvalue weighted by molar-refractivity contribution is 0.417. The summed E-state index contributed by atoms with van der Waals surface area (Å²) >= 11 is 1.58. The first kappa shape index (κ1) is 11.7. The highest BCUT2D eigenvalue weighted by atomic mass is 32.1. The molecule has 3 N–H and O–H groups in total. The maximum atomic E-state index is 5.96. The summed E-state index contributed by atoms with van der Waals surface area (Å²) in [6, 6.07) is 5.79. The fourth-order valence-corrected chi connectivity index (χ4v) is 2.76. The zero-order valence-corrected chi connectivity index (χ0v) is 11.1. The molecule has 0 radical (unpaired) electrons. The number of pyridine rings is 1. The van der Waals surface area contributed by atoms with Gasteiger partial charge in [-0.1, -0.05) is 0 Å². The molecule has 0 saturated carbocycles. The highest BCUT2D eigenvalue weighted by Crippen LogP contribution is 2.38. The van der Waals surface area contributed by atoms with Gasteiger partial charge in [0.2, 0.25) is 0 Å². The third kappa shape index (κ3) is 2.06. The molecule has 3 aromatic rings. The number of nitrogen functional groups attached to an aromatic ring is 1. The van der Waals surface area contributed by atoms with E-state index >= 15 is 0 Å². The minimum absolute atomic E-state index is 0.480. The van der Waals surface area contributed by atoms with E-state index in [1.165, 1.54) is 0 Å². The Morgan fingerprint density at radius 2 is 2.11 bits per heavy atom. The number of rotatable bonds is 3. The fraction of sp³-hybridized carbons (Fsp3) is 0.0769. The molecule has 3 heterocycles. The molecular formula is C13H12N4OS. The van der Waals surface area contributed by atoms with E-state index in [4.69, 9.17) is 10.5 Å². The lowest BCUT2D eigenvalue weighted by Gasteiger charge is -2.02. The number of nitrogens with one attached hydrogen (secondary N) is 1. The van der Waals surface area contributed by atoms with Crippen LogP contribution in [0.3, 0.4) is 0 Å². The summed E-state index contributed by atoms with van der Waals surface area (Å²) in [5, 5.41) is 9.04. The fourth-order valence-electron chi connectivity index (χ4n) is 1.90. The Labute approximate surface area is 114 Å². The molecule has 5 nitrogen and oxygen atoms in total. The van der Waals surface area contributed by atoms with Crippen LogP contribution in [0.2, 0.25) is 0 Å². The molecular weight excluding hydrogens is 260 g/mol. The van der Waals surface area contributed by atoms with Crippen LogP contribution in [-0.4, -0.2) is 22.3 Å². The van der Waals surface area contributed by atoms with Gasteiger partial charge in [0.25, 0.3) is 0 Å². The summed E-state index contributed by atoms with van der Waals surface area (Å²) in [7, 11) is 1.65. The van der Waals surface area contributed by atoms with E-state index in [2.05, 4.69) is 15.2 Å². The van der Waals surface area contributed by atoms with Crippen LogP contribution in [-0.2, 0) is 0 Å². The number of nitrogens with zero attached hydrogens (tertiary/aromatic N) is 2. The summed E-state index contributed by atoms with van der Waals surface area (Å²) in [4.78, 5) is 5.05. The molecule has 0 saturated heterocycles. The van der Waals surface area contributed by atoms with Crippen molar-refractivity contribution in [3.63, 3.8) is 0 Å². The number of aromatic amines is 1. The van der Waals surface area contributed by atoms with Gasteiger partial charge in [-0.15, -0.1) is 11.3 Å². The lowest BCUT2D eigenvalue weighted by atomic mass is 10.1. The Morgan fingerprint density at radius 3 is 2.79 bits per heavy atom. The van der Waals surface area contributed by atoms with E-state index in [1.54, 1.807) is 30.8 Å². The van der Waals surface area contributed by atoms with Gasteiger partial charge in [-0.3, -0.25) is 10.1 Å². The summed E-state index contributed by atoms with van der Waals surface area (Å²) in [6.45, 7) is 0. The highest BCUT2D eigenvalue weighted by molar-refractivity contribution is 7.13. The summed E-state index contributed by atoms with van der Waals surface area (Å²) in [6.07, 6.45) is 3.47. The van der Waals surface area contributed by atoms with Gasteiger partial charge in [0.1, 0.15) is 5.75 Å². The average Bonchev–Trinajstić information content (AvgIpc) is 3.05. The SMILES string of the molecule is COc1csc(-c2[nH]nc(N)c2-c2ccncc2)c1. The van der Waals surface area contributed by atoms with Crippen LogP contribution in [0.1, 0.15) is 0 Å². The number of aromatic nitrogens is 3. The van der Waals surface area contributed by atoms with E-state index in [0.29, 0.717) is 5.82 Å². The molecule has 0 unspecified atom stereocenters. The van der Waals surface area contributed by atoms with Crippen LogP contribution >= 0.6 is 11.3 Å². The normalized spacial score (nSPS) is 10.6. The summed E-state index contributed by atoms with van der Waals surface area (Å²) in [5.41, 5.74) is 8.75. The van der Waals surface area contributed by atoms with Crippen molar-refractivity contribution in [2.75, 3.05) is 12.8 Å². The van der Waals surface area contributed by atoms with Crippen molar-refractivity contribution < 1.29 is 4.74 Å². The van der Waals surface area contributed by atoms with Crippen molar-refractivity contribution in [2.24, 2.45) is 0 Å². The quantitative estimate of drug-likeness (QED) is 0.768. The van der Waals surface area contributed by atoms with Gasteiger partial charge in [-0.2, -0.15) is 5.10 Å². The maximum Gasteiger partial charge on any atom is 0.153 e. The number of methoxy groups -OCH3 is 1. The zero-order valence-electron chi connectivity index (χ0n) is 10.3. The molecule has 19 heavy (non-hydrogen) atoms. The second kappa shape index (κ2) is 4.74. The number of H-pyrrole nitrogens is 1. The molecule has 0 spiro atoms. The molecule has 3 aromatic heterocycles. The molecule has 3 rings (SSSR count). The Balaban J connectivity index is 2.13. The predicted octanol–water partition coefficient (Wildman–Crippen LogP) is 2.79. The monoisotopic (exact) mass is 272 g/mol. The Bertz CT molecular complexity index is 690. The van der Waals surface area contributed by atoms with E-state index in [9.17, 15) is 0 Å². The molecule has 0 fully saturated rings. The van der Waals surface area contributed by atoms with Crippen molar-refractivity contribution in [1.29, 1.82) is 0 Å². The summed E-state index contributed by atoms with van der Waals surface area (Å²) in [5.74, 6) is 1.31. The van der Waals surface area contributed by atoms with E-state index < -0.39 is 0 Å². The van der Waals surface area contributed by atoms with Crippen molar-refractivity contribution in [3.05, 3.63) is 36.0 Å². The average molecular weight is 272 g/mol. The van der Waals surface area contributed by atoms with Crippen molar-refractivity contribution >= 4 is 17.2 Å². The van der Waals surface area contributed by atoms with Crippen LogP contribution in [0.25, 0.3) is 21.7 Å². The number of thiophene rings is 1. The maximum absolute atomic E-state index is 5.96. The standard InChI is InChI=1S/C13H12N4OS/c1-18-9-6-10(19-7-9)12-11(13(14)17-16-12)8-2-4-15-5-3-8/h2-7H,1H3,(H3,14,16,17). The first-order chi connectivity index (χ1) is 9.29. The first-order valence-electron chi connectivity index (χ1n) is 5.66.